The second-order valence-corrected chi connectivity index (χ2v) is 3.73. The van der Waals surface area contributed by atoms with E-state index in [-0.39, 0.29) is 0 Å². The van der Waals surface area contributed by atoms with Crippen LogP contribution in [0.15, 0.2) is 0 Å². The van der Waals surface area contributed by atoms with Crippen molar-refractivity contribution in [3.63, 3.8) is 0 Å². The van der Waals surface area contributed by atoms with Crippen molar-refractivity contribution in [1.82, 2.24) is 0 Å². The second-order valence-electron chi connectivity index (χ2n) is 3.73. The Bertz CT molecular complexity index is 162. The summed E-state index contributed by atoms with van der Waals surface area (Å²) in [5, 5.41) is 0. The summed E-state index contributed by atoms with van der Waals surface area (Å²) in [7, 11) is 0. The van der Waals surface area contributed by atoms with E-state index in [0.717, 1.165) is 12.8 Å². The molecular weight excluding hydrogens is 112 g/mol. The molecule has 2 fully saturated rings. The molecule has 2 atom stereocenters. The van der Waals surface area contributed by atoms with Gasteiger partial charge in [0.25, 0.3) is 0 Å². The number of carbonyl (C=O) groups is 1. The molecule has 0 spiro atoms. The zero-order chi connectivity index (χ0) is 6.48. The molecule has 0 heterocycles. The van der Waals surface area contributed by atoms with Gasteiger partial charge in [0.1, 0.15) is 5.78 Å². The summed E-state index contributed by atoms with van der Waals surface area (Å²) in [6.07, 6.45) is 4.49. The maximum Gasteiger partial charge on any atom is 0.136 e. The van der Waals surface area contributed by atoms with E-state index in [1.165, 1.54) is 12.8 Å². The molecule has 9 heavy (non-hydrogen) atoms. The molecule has 0 bridgehead atoms. The topological polar surface area (TPSA) is 17.1 Å². The third-order valence-electron chi connectivity index (χ3n) is 2.91. The number of ketones is 1. The van der Waals surface area contributed by atoms with E-state index in [1.807, 2.05) is 0 Å². The Morgan fingerprint density at radius 1 is 1.67 bits per heavy atom. The van der Waals surface area contributed by atoms with Gasteiger partial charge in [-0.05, 0) is 24.7 Å². The Hall–Kier alpha value is -0.330. The Morgan fingerprint density at radius 2 is 2.44 bits per heavy atom. The SMILES string of the molecule is C[C@@]12CCCC(=O)[C@@H]1C2. The van der Waals surface area contributed by atoms with E-state index in [4.69, 9.17) is 0 Å². The normalized spacial score (nSPS) is 48.6. The van der Waals surface area contributed by atoms with Crippen LogP contribution >= 0.6 is 0 Å². The number of hydrogen-bond acceptors (Lipinski definition) is 1. The standard InChI is InChI=1S/C8H12O/c1-8-4-2-3-7(9)6(8)5-8/h6H,2-5H2,1H3/t6-,8-/m0/s1. The average molecular weight is 124 g/mol. The van der Waals surface area contributed by atoms with Gasteiger partial charge >= 0.3 is 0 Å². The van der Waals surface area contributed by atoms with Crippen LogP contribution in [0.25, 0.3) is 0 Å². The number of Topliss-reactive ketones (excluding diaryl/α,β-unsaturated/α-hetero) is 1. The van der Waals surface area contributed by atoms with Gasteiger partial charge < -0.3 is 0 Å². The maximum atomic E-state index is 11.0. The highest BCUT2D eigenvalue weighted by Crippen LogP contribution is 2.59. The summed E-state index contributed by atoms with van der Waals surface area (Å²) >= 11 is 0. The van der Waals surface area contributed by atoms with Gasteiger partial charge in [0, 0.05) is 12.3 Å². The van der Waals surface area contributed by atoms with Crippen molar-refractivity contribution in [2.45, 2.75) is 32.6 Å². The first-order chi connectivity index (χ1) is 4.22. The van der Waals surface area contributed by atoms with Crippen molar-refractivity contribution in [2.24, 2.45) is 11.3 Å². The number of hydrogen-bond donors (Lipinski definition) is 0. The predicted molar refractivity (Wildman–Crippen MR) is 35.1 cm³/mol. The molecule has 50 valence electrons. The zero-order valence-electron chi connectivity index (χ0n) is 5.81. The van der Waals surface area contributed by atoms with Crippen LogP contribution in [-0.4, -0.2) is 5.78 Å². The van der Waals surface area contributed by atoms with Crippen molar-refractivity contribution in [3.05, 3.63) is 0 Å². The van der Waals surface area contributed by atoms with Crippen molar-refractivity contribution in [1.29, 1.82) is 0 Å². The second kappa shape index (κ2) is 1.39. The molecule has 2 rings (SSSR count). The van der Waals surface area contributed by atoms with Gasteiger partial charge in [-0.15, -0.1) is 0 Å². The van der Waals surface area contributed by atoms with E-state index in [2.05, 4.69) is 6.92 Å². The molecule has 0 N–H and O–H groups in total. The van der Waals surface area contributed by atoms with Gasteiger partial charge in [-0.25, -0.2) is 0 Å². The third kappa shape index (κ3) is 0.637. The fraction of sp³-hybridized carbons (Fsp3) is 0.875. The molecule has 0 aliphatic heterocycles. The van der Waals surface area contributed by atoms with Crippen LogP contribution < -0.4 is 0 Å². The molecule has 0 aromatic rings. The minimum Gasteiger partial charge on any atom is -0.299 e. The van der Waals surface area contributed by atoms with E-state index in [9.17, 15) is 4.79 Å². The molecular formula is C8H12O. The Kier molecular flexibility index (Phi) is 0.842. The molecule has 0 aromatic heterocycles. The molecule has 1 nitrogen and oxygen atoms in total. The Labute approximate surface area is 55.4 Å². The van der Waals surface area contributed by atoms with Crippen LogP contribution in [0.2, 0.25) is 0 Å². The number of carbonyl (C=O) groups excluding carboxylic acids is 1. The first-order valence-corrected chi connectivity index (χ1v) is 3.75. The van der Waals surface area contributed by atoms with Crippen LogP contribution in [0, 0.1) is 11.3 Å². The van der Waals surface area contributed by atoms with E-state index >= 15 is 0 Å². The largest absolute Gasteiger partial charge is 0.299 e. The highest BCUT2D eigenvalue weighted by molar-refractivity contribution is 5.85. The van der Waals surface area contributed by atoms with E-state index < -0.39 is 0 Å². The van der Waals surface area contributed by atoms with Gasteiger partial charge in [0.2, 0.25) is 0 Å². The van der Waals surface area contributed by atoms with Gasteiger partial charge in [0.05, 0.1) is 0 Å². The maximum absolute atomic E-state index is 11.0. The van der Waals surface area contributed by atoms with Crippen LogP contribution in [0.4, 0.5) is 0 Å². The lowest BCUT2D eigenvalue weighted by Crippen LogP contribution is -2.13. The zero-order valence-corrected chi connectivity index (χ0v) is 5.81. The quantitative estimate of drug-likeness (QED) is 0.481. The van der Waals surface area contributed by atoms with Crippen molar-refractivity contribution in [2.75, 3.05) is 0 Å². The van der Waals surface area contributed by atoms with Crippen LogP contribution in [0.1, 0.15) is 32.6 Å². The summed E-state index contributed by atoms with van der Waals surface area (Å²) in [6, 6.07) is 0. The molecule has 0 saturated heterocycles. The molecule has 2 saturated carbocycles. The van der Waals surface area contributed by atoms with Gasteiger partial charge in [-0.2, -0.15) is 0 Å². The lowest BCUT2D eigenvalue weighted by molar-refractivity contribution is -0.122. The van der Waals surface area contributed by atoms with Crippen LogP contribution in [0.5, 0.6) is 0 Å². The van der Waals surface area contributed by atoms with E-state index in [1.54, 1.807) is 0 Å². The fourth-order valence-corrected chi connectivity index (χ4v) is 2.03. The monoisotopic (exact) mass is 124 g/mol. The summed E-state index contributed by atoms with van der Waals surface area (Å²) in [5.41, 5.74) is 0.468. The molecule has 2 aliphatic carbocycles. The average Bonchev–Trinajstić information content (AvgIpc) is 2.43. The highest BCUT2D eigenvalue weighted by atomic mass is 16.1. The molecule has 0 unspecified atom stereocenters. The lowest BCUT2D eigenvalue weighted by atomic mass is 9.89. The summed E-state index contributed by atoms with van der Waals surface area (Å²) in [6.45, 7) is 2.24. The van der Waals surface area contributed by atoms with Gasteiger partial charge in [0.15, 0.2) is 0 Å². The molecule has 0 radical (unpaired) electrons. The van der Waals surface area contributed by atoms with Crippen molar-refractivity contribution < 1.29 is 4.79 Å². The van der Waals surface area contributed by atoms with Gasteiger partial charge in [-0.3, -0.25) is 4.79 Å². The molecule has 0 amide bonds. The minimum atomic E-state index is 0.468. The summed E-state index contributed by atoms with van der Waals surface area (Å²) < 4.78 is 0. The predicted octanol–water partition coefficient (Wildman–Crippen LogP) is 1.77. The highest BCUT2D eigenvalue weighted by Gasteiger charge is 2.55. The first kappa shape index (κ1) is 5.45. The van der Waals surface area contributed by atoms with Gasteiger partial charge in [-0.1, -0.05) is 6.92 Å². The summed E-state index contributed by atoms with van der Waals surface area (Å²) in [4.78, 5) is 11.0. The Morgan fingerprint density at radius 3 is 3.00 bits per heavy atom. The molecule has 1 heteroatoms. The van der Waals surface area contributed by atoms with Crippen LogP contribution in [-0.2, 0) is 4.79 Å². The minimum absolute atomic E-state index is 0.468. The summed E-state index contributed by atoms with van der Waals surface area (Å²) in [5.74, 6) is 1.01. The Balaban J connectivity index is 2.16. The lowest BCUT2D eigenvalue weighted by Gasteiger charge is -2.14. The molecule has 0 aromatic carbocycles. The number of fused-ring (bicyclic) bond motifs is 1. The molecule has 2 aliphatic rings. The number of rotatable bonds is 0. The van der Waals surface area contributed by atoms with Crippen LogP contribution in [0.3, 0.4) is 0 Å². The third-order valence-corrected chi connectivity index (χ3v) is 2.91. The van der Waals surface area contributed by atoms with Crippen molar-refractivity contribution >= 4 is 5.78 Å². The first-order valence-electron chi connectivity index (χ1n) is 3.75. The smallest absolute Gasteiger partial charge is 0.136 e. The fourth-order valence-electron chi connectivity index (χ4n) is 2.03. The van der Waals surface area contributed by atoms with E-state index in [0.29, 0.717) is 17.1 Å². The van der Waals surface area contributed by atoms with Crippen molar-refractivity contribution in [3.8, 4) is 0 Å².